The van der Waals surface area contributed by atoms with Gasteiger partial charge in [-0.05, 0) is 19.8 Å². The minimum atomic E-state index is -4.33. The summed E-state index contributed by atoms with van der Waals surface area (Å²) in [6.45, 7) is 3.86. The molecule has 0 aromatic rings. The van der Waals surface area contributed by atoms with Crippen LogP contribution >= 0.6 is 7.60 Å². The highest BCUT2D eigenvalue weighted by molar-refractivity contribution is 7.51. The summed E-state index contributed by atoms with van der Waals surface area (Å²) in [6.07, 6.45) is 0.0123. The van der Waals surface area contributed by atoms with Crippen LogP contribution in [0, 0.1) is 5.92 Å². The monoisotopic (exact) mass is 296 g/mol. The summed E-state index contributed by atoms with van der Waals surface area (Å²) in [4.78, 5) is 40.6. The Kier molecular flexibility index (Phi) is 8.63. The van der Waals surface area contributed by atoms with Gasteiger partial charge in [0.15, 0.2) is 0 Å². The topological polar surface area (TPSA) is 110 Å². The van der Waals surface area contributed by atoms with Crippen LogP contribution < -0.4 is 0 Å². The summed E-state index contributed by atoms with van der Waals surface area (Å²) < 4.78 is 20.5. The molecule has 1 atom stereocenters. The second-order valence-corrected chi connectivity index (χ2v) is 5.75. The fraction of sp³-hybridized carbons (Fsp3) is 0.818. The van der Waals surface area contributed by atoms with Crippen molar-refractivity contribution in [3.63, 3.8) is 0 Å². The van der Waals surface area contributed by atoms with E-state index in [0.717, 1.165) is 0 Å². The zero-order valence-corrected chi connectivity index (χ0v) is 12.1. The van der Waals surface area contributed by atoms with Crippen molar-refractivity contribution in [2.75, 3.05) is 19.4 Å². The molecule has 0 saturated heterocycles. The summed E-state index contributed by atoms with van der Waals surface area (Å²) in [6, 6.07) is 0. The third-order valence-corrected chi connectivity index (χ3v) is 3.16. The van der Waals surface area contributed by atoms with Crippen molar-refractivity contribution >= 4 is 19.5 Å². The minimum Gasteiger partial charge on any atom is -0.466 e. The van der Waals surface area contributed by atoms with Crippen LogP contribution in [-0.4, -0.2) is 41.1 Å². The number of hydrogen-bond donors (Lipinski definition) is 2. The molecule has 0 fully saturated rings. The zero-order chi connectivity index (χ0) is 14.9. The molecule has 8 heteroatoms. The fourth-order valence-corrected chi connectivity index (χ4v) is 2.32. The SMILES string of the molecule is CCCOC(=O)CCC(CP(=O)(O)O)C(=O)OCC. The van der Waals surface area contributed by atoms with Gasteiger partial charge in [0, 0.05) is 6.42 Å². The maximum Gasteiger partial charge on any atom is 0.326 e. The molecule has 0 heterocycles. The van der Waals surface area contributed by atoms with Crippen molar-refractivity contribution in [2.45, 2.75) is 33.1 Å². The van der Waals surface area contributed by atoms with Crippen molar-refractivity contribution in [3.8, 4) is 0 Å². The molecule has 112 valence electrons. The Morgan fingerprint density at radius 2 is 1.84 bits per heavy atom. The lowest BCUT2D eigenvalue weighted by atomic mass is 10.1. The van der Waals surface area contributed by atoms with Gasteiger partial charge in [0.05, 0.1) is 25.3 Å². The number of hydrogen-bond acceptors (Lipinski definition) is 5. The molecule has 0 bridgehead atoms. The Balaban J connectivity index is 4.38. The second kappa shape index (κ2) is 9.07. The molecule has 0 aliphatic heterocycles. The lowest BCUT2D eigenvalue weighted by Gasteiger charge is -2.15. The average molecular weight is 296 g/mol. The molecule has 0 aliphatic rings. The Morgan fingerprint density at radius 1 is 1.21 bits per heavy atom. The predicted octanol–water partition coefficient (Wildman–Crippen LogP) is 1.08. The van der Waals surface area contributed by atoms with Crippen molar-refractivity contribution < 1.29 is 33.4 Å². The first-order chi connectivity index (χ1) is 8.80. The summed E-state index contributed by atoms with van der Waals surface area (Å²) in [5, 5.41) is 0. The lowest BCUT2D eigenvalue weighted by molar-refractivity contribution is -0.148. The fourth-order valence-electron chi connectivity index (χ4n) is 1.41. The van der Waals surface area contributed by atoms with E-state index in [2.05, 4.69) is 0 Å². The van der Waals surface area contributed by atoms with Gasteiger partial charge in [-0.15, -0.1) is 0 Å². The van der Waals surface area contributed by atoms with Crippen LogP contribution in [0.3, 0.4) is 0 Å². The molecular weight excluding hydrogens is 275 g/mol. The van der Waals surface area contributed by atoms with Crippen LogP contribution in [0.5, 0.6) is 0 Å². The highest BCUT2D eigenvalue weighted by Crippen LogP contribution is 2.38. The highest BCUT2D eigenvalue weighted by Gasteiger charge is 2.29. The molecule has 0 aromatic heterocycles. The Hall–Kier alpha value is -0.910. The molecule has 19 heavy (non-hydrogen) atoms. The van der Waals surface area contributed by atoms with Crippen LogP contribution in [0.2, 0.25) is 0 Å². The number of rotatable bonds is 9. The first-order valence-electron chi connectivity index (χ1n) is 6.17. The van der Waals surface area contributed by atoms with Gasteiger partial charge in [0.2, 0.25) is 0 Å². The molecule has 0 spiro atoms. The van der Waals surface area contributed by atoms with Gasteiger partial charge in [0.25, 0.3) is 0 Å². The van der Waals surface area contributed by atoms with Gasteiger partial charge in [-0.2, -0.15) is 0 Å². The standard InChI is InChI=1S/C11H21O7P/c1-3-7-18-10(12)6-5-9(8-19(14,15)16)11(13)17-4-2/h9H,3-8H2,1-2H3,(H2,14,15,16). The molecule has 0 radical (unpaired) electrons. The van der Waals surface area contributed by atoms with E-state index in [1.54, 1.807) is 6.92 Å². The molecule has 0 aliphatic carbocycles. The number of carbonyl (C=O) groups excluding carboxylic acids is 2. The van der Waals surface area contributed by atoms with Crippen molar-refractivity contribution in [3.05, 3.63) is 0 Å². The second-order valence-electron chi connectivity index (χ2n) is 4.06. The molecule has 2 N–H and O–H groups in total. The zero-order valence-electron chi connectivity index (χ0n) is 11.2. The molecular formula is C11H21O7P. The van der Waals surface area contributed by atoms with Crippen molar-refractivity contribution in [2.24, 2.45) is 5.92 Å². The Bertz CT molecular complexity index is 336. The van der Waals surface area contributed by atoms with Crippen LogP contribution in [0.4, 0.5) is 0 Å². The predicted molar refractivity (Wildman–Crippen MR) is 67.5 cm³/mol. The van der Waals surface area contributed by atoms with E-state index in [0.29, 0.717) is 13.0 Å². The van der Waals surface area contributed by atoms with E-state index in [1.165, 1.54) is 0 Å². The van der Waals surface area contributed by atoms with Crippen LogP contribution in [0.15, 0.2) is 0 Å². The van der Waals surface area contributed by atoms with Crippen LogP contribution in [-0.2, 0) is 23.6 Å². The van der Waals surface area contributed by atoms with Gasteiger partial charge < -0.3 is 19.3 Å². The number of carbonyl (C=O) groups is 2. The Labute approximate surface area is 112 Å². The van der Waals surface area contributed by atoms with E-state index in [-0.39, 0.29) is 19.4 Å². The third kappa shape index (κ3) is 9.64. The summed E-state index contributed by atoms with van der Waals surface area (Å²) >= 11 is 0. The largest absolute Gasteiger partial charge is 0.466 e. The first kappa shape index (κ1) is 18.1. The molecule has 0 rings (SSSR count). The third-order valence-electron chi connectivity index (χ3n) is 2.24. The van der Waals surface area contributed by atoms with Gasteiger partial charge in [-0.1, -0.05) is 6.92 Å². The minimum absolute atomic E-state index is 0.00644. The number of esters is 2. The number of ether oxygens (including phenoxy) is 2. The van der Waals surface area contributed by atoms with E-state index >= 15 is 0 Å². The lowest BCUT2D eigenvalue weighted by Crippen LogP contribution is -2.23. The quantitative estimate of drug-likeness (QED) is 0.483. The van der Waals surface area contributed by atoms with Gasteiger partial charge in [-0.25, -0.2) is 0 Å². The van der Waals surface area contributed by atoms with Gasteiger partial charge in [-0.3, -0.25) is 14.2 Å². The Morgan fingerprint density at radius 3 is 2.32 bits per heavy atom. The maximum absolute atomic E-state index is 11.5. The van der Waals surface area contributed by atoms with Crippen molar-refractivity contribution in [1.82, 2.24) is 0 Å². The van der Waals surface area contributed by atoms with Gasteiger partial charge in [0.1, 0.15) is 0 Å². The molecule has 7 nitrogen and oxygen atoms in total. The average Bonchev–Trinajstić information content (AvgIpc) is 2.30. The normalized spacial score (nSPS) is 12.8. The smallest absolute Gasteiger partial charge is 0.326 e. The van der Waals surface area contributed by atoms with Crippen molar-refractivity contribution in [1.29, 1.82) is 0 Å². The maximum atomic E-state index is 11.5. The summed E-state index contributed by atoms with van der Waals surface area (Å²) in [5.41, 5.74) is 0. The van der Waals surface area contributed by atoms with Crippen LogP contribution in [0.25, 0.3) is 0 Å². The van der Waals surface area contributed by atoms with Crippen LogP contribution in [0.1, 0.15) is 33.1 Å². The van der Waals surface area contributed by atoms with Gasteiger partial charge >= 0.3 is 19.5 Å². The molecule has 0 aromatic carbocycles. The first-order valence-corrected chi connectivity index (χ1v) is 7.96. The highest BCUT2D eigenvalue weighted by atomic mass is 31.2. The summed E-state index contributed by atoms with van der Waals surface area (Å²) in [5.74, 6) is -2.18. The van der Waals surface area contributed by atoms with E-state index in [1.807, 2.05) is 6.92 Å². The summed E-state index contributed by atoms with van der Waals surface area (Å²) in [7, 11) is -4.33. The molecule has 1 unspecified atom stereocenters. The van der Waals surface area contributed by atoms with E-state index in [4.69, 9.17) is 19.3 Å². The molecule has 0 amide bonds. The van der Waals surface area contributed by atoms with E-state index in [9.17, 15) is 14.2 Å². The molecule has 0 saturated carbocycles. The van der Waals surface area contributed by atoms with E-state index < -0.39 is 31.6 Å².